The van der Waals surface area contributed by atoms with Gasteiger partial charge in [0.25, 0.3) is 0 Å². The van der Waals surface area contributed by atoms with Crippen molar-refractivity contribution in [3.8, 4) is 11.8 Å². The smallest absolute Gasteiger partial charge is 0.120 e. The summed E-state index contributed by atoms with van der Waals surface area (Å²) in [6.45, 7) is 0.863. The van der Waals surface area contributed by atoms with Crippen LogP contribution in [0, 0.1) is 11.3 Å². The Labute approximate surface area is 124 Å². The van der Waals surface area contributed by atoms with Gasteiger partial charge >= 0.3 is 0 Å². The van der Waals surface area contributed by atoms with Crippen LogP contribution in [0.15, 0.2) is 24.3 Å². The molecule has 2 unspecified atom stereocenters. The Hall–Kier alpha value is -1.22. The molecule has 0 aromatic heterocycles. The van der Waals surface area contributed by atoms with Crippen LogP contribution >= 0.6 is 11.8 Å². The van der Waals surface area contributed by atoms with Crippen LogP contribution in [0.25, 0.3) is 0 Å². The van der Waals surface area contributed by atoms with Crippen molar-refractivity contribution in [3.05, 3.63) is 29.8 Å². The molecule has 1 saturated heterocycles. The molecule has 1 aromatic rings. The van der Waals surface area contributed by atoms with E-state index in [-0.39, 0.29) is 6.61 Å². The van der Waals surface area contributed by atoms with Gasteiger partial charge in [-0.1, -0.05) is 6.07 Å². The van der Waals surface area contributed by atoms with Crippen molar-refractivity contribution >= 4 is 11.8 Å². The van der Waals surface area contributed by atoms with Gasteiger partial charge in [-0.15, -0.1) is 0 Å². The zero-order valence-electron chi connectivity index (χ0n) is 11.7. The minimum Gasteiger partial charge on any atom is -0.491 e. The van der Waals surface area contributed by atoms with Crippen molar-refractivity contribution in [3.63, 3.8) is 0 Å². The quantitative estimate of drug-likeness (QED) is 0.865. The summed E-state index contributed by atoms with van der Waals surface area (Å²) in [4.78, 5) is 2.21. The summed E-state index contributed by atoms with van der Waals surface area (Å²) in [5, 5.41) is 18.8. The lowest BCUT2D eigenvalue weighted by atomic mass is 10.2. The zero-order valence-corrected chi connectivity index (χ0v) is 12.5. The van der Waals surface area contributed by atoms with Crippen molar-refractivity contribution in [2.45, 2.75) is 18.6 Å². The summed E-state index contributed by atoms with van der Waals surface area (Å²) in [6.07, 6.45) is 0.676. The number of ether oxygens (including phenoxy) is 1. The SMILES string of the molecule is CN(CC(O)COc1cccc(C#N)c1)C1CCSC1. The second-order valence-electron chi connectivity index (χ2n) is 5.06. The van der Waals surface area contributed by atoms with Crippen molar-refractivity contribution in [1.29, 1.82) is 5.26 Å². The number of likely N-dealkylation sites (N-methyl/N-ethyl adjacent to an activating group) is 1. The molecule has 0 bridgehead atoms. The van der Waals surface area contributed by atoms with E-state index >= 15 is 0 Å². The van der Waals surface area contributed by atoms with Crippen molar-refractivity contribution in [1.82, 2.24) is 4.90 Å². The summed E-state index contributed by atoms with van der Waals surface area (Å²) in [7, 11) is 2.05. The van der Waals surface area contributed by atoms with Crippen LogP contribution in [0.5, 0.6) is 5.75 Å². The summed E-state index contributed by atoms with van der Waals surface area (Å²) < 4.78 is 5.54. The molecular formula is C15H20N2O2S. The molecular weight excluding hydrogens is 272 g/mol. The van der Waals surface area contributed by atoms with Crippen molar-refractivity contribution < 1.29 is 9.84 Å². The fraction of sp³-hybridized carbons (Fsp3) is 0.533. The van der Waals surface area contributed by atoms with E-state index in [0.29, 0.717) is 23.9 Å². The van der Waals surface area contributed by atoms with Gasteiger partial charge in [-0.2, -0.15) is 17.0 Å². The lowest BCUT2D eigenvalue weighted by molar-refractivity contribution is 0.0664. The van der Waals surface area contributed by atoms with E-state index in [1.807, 2.05) is 11.8 Å². The predicted octanol–water partition coefficient (Wildman–Crippen LogP) is 1.74. The molecule has 0 amide bonds. The van der Waals surface area contributed by atoms with E-state index in [4.69, 9.17) is 10.00 Å². The van der Waals surface area contributed by atoms with Gasteiger partial charge < -0.3 is 9.84 Å². The maximum Gasteiger partial charge on any atom is 0.120 e. The Morgan fingerprint density at radius 3 is 3.15 bits per heavy atom. The molecule has 1 aromatic carbocycles. The van der Waals surface area contributed by atoms with Gasteiger partial charge in [-0.05, 0) is 37.4 Å². The van der Waals surface area contributed by atoms with Gasteiger partial charge in [0.05, 0.1) is 11.6 Å². The van der Waals surface area contributed by atoms with E-state index in [2.05, 4.69) is 18.0 Å². The van der Waals surface area contributed by atoms with E-state index in [1.165, 1.54) is 12.2 Å². The zero-order chi connectivity index (χ0) is 14.4. The summed E-state index contributed by atoms with van der Waals surface area (Å²) in [5.74, 6) is 2.98. The molecule has 0 aliphatic carbocycles. The lowest BCUT2D eigenvalue weighted by Crippen LogP contribution is -2.39. The topological polar surface area (TPSA) is 56.5 Å². The van der Waals surface area contributed by atoms with Crippen LogP contribution in [0.4, 0.5) is 0 Å². The molecule has 1 fully saturated rings. The molecule has 1 N–H and O–H groups in total. The minimum atomic E-state index is -0.517. The first-order chi connectivity index (χ1) is 9.69. The van der Waals surface area contributed by atoms with E-state index in [1.54, 1.807) is 24.3 Å². The molecule has 0 saturated carbocycles. The normalized spacial score (nSPS) is 19.8. The number of rotatable bonds is 6. The van der Waals surface area contributed by atoms with E-state index in [9.17, 15) is 5.11 Å². The first-order valence-electron chi connectivity index (χ1n) is 6.78. The first kappa shape index (κ1) is 15.2. The Morgan fingerprint density at radius 1 is 1.60 bits per heavy atom. The second kappa shape index (κ2) is 7.53. The summed E-state index contributed by atoms with van der Waals surface area (Å²) in [5.41, 5.74) is 0.567. The third-order valence-electron chi connectivity index (χ3n) is 3.43. The number of nitriles is 1. The molecule has 1 aliphatic heterocycles. The molecule has 0 radical (unpaired) electrons. The molecule has 4 nitrogen and oxygen atoms in total. The Morgan fingerprint density at radius 2 is 2.45 bits per heavy atom. The fourth-order valence-corrected chi connectivity index (χ4v) is 3.55. The molecule has 2 atom stereocenters. The molecule has 108 valence electrons. The Kier molecular flexibility index (Phi) is 5.72. The average molecular weight is 292 g/mol. The molecule has 2 rings (SSSR count). The van der Waals surface area contributed by atoms with Gasteiger partial charge in [0.2, 0.25) is 0 Å². The van der Waals surface area contributed by atoms with Gasteiger partial charge in [0, 0.05) is 18.3 Å². The number of benzene rings is 1. The Bertz CT molecular complexity index is 469. The van der Waals surface area contributed by atoms with Crippen LogP contribution in [0.2, 0.25) is 0 Å². The largest absolute Gasteiger partial charge is 0.491 e. The highest BCUT2D eigenvalue weighted by Crippen LogP contribution is 2.21. The fourth-order valence-electron chi connectivity index (χ4n) is 2.25. The molecule has 1 aliphatic rings. The molecule has 1 heterocycles. The highest BCUT2D eigenvalue weighted by atomic mass is 32.2. The van der Waals surface area contributed by atoms with Gasteiger partial charge in [0.1, 0.15) is 18.5 Å². The third-order valence-corrected chi connectivity index (χ3v) is 4.58. The van der Waals surface area contributed by atoms with Crippen LogP contribution in [0.3, 0.4) is 0 Å². The number of aliphatic hydroxyl groups is 1. The number of hydrogen-bond donors (Lipinski definition) is 1. The molecule has 0 spiro atoms. The predicted molar refractivity (Wildman–Crippen MR) is 81.0 cm³/mol. The molecule has 20 heavy (non-hydrogen) atoms. The first-order valence-corrected chi connectivity index (χ1v) is 7.93. The van der Waals surface area contributed by atoms with Gasteiger partial charge in [0.15, 0.2) is 0 Å². The minimum absolute atomic E-state index is 0.249. The third kappa shape index (κ3) is 4.41. The van der Waals surface area contributed by atoms with E-state index < -0.39 is 6.10 Å². The Balaban J connectivity index is 1.76. The average Bonchev–Trinajstić information content (AvgIpc) is 2.99. The van der Waals surface area contributed by atoms with E-state index in [0.717, 1.165) is 5.75 Å². The number of hydrogen-bond acceptors (Lipinski definition) is 5. The highest BCUT2D eigenvalue weighted by molar-refractivity contribution is 7.99. The van der Waals surface area contributed by atoms with Gasteiger partial charge in [-0.3, -0.25) is 4.90 Å². The molecule has 5 heteroatoms. The second-order valence-corrected chi connectivity index (χ2v) is 6.21. The standard InChI is InChI=1S/C15H20N2O2S/c1-17(13-5-6-20-11-13)9-14(18)10-19-15-4-2-3-12(7-15)8-16/h2-4,7,13-14,18H,5-6,9-11H2,1H3. The summed E-state index contributed by atoms with van der Waals surface area (Å²) in [6, 6.07) is 9.63. The lowest BCUT2D eigenvalue weighted by Gasteiger charge is -2.26. The monoisotopic (exact) mass is 292 g/mol. The highest BCUT2D eigenvalue weighted by Gasteiger charge is 2.21. The van der Waals surface area contributed by atoms with Gasteiger partial charge in [-0.25, -0.2) is 0 Å². The van der Waals surface area contributed by atoms with Crippen LogP contribution in [0.1, 0.15) is 12.0 Å². The van der Waals surface area contributed by atoms with Crippen LogP contribution in [-0.2, 0) is 0 Å². The van der Waals surface area contributed by atoms with Crippen molar-refractivity contribution in [2.24, 2.45) is 0 Å². The number of aliphatic hydroxyl groups excluding tert-OH is 1. The maximum atomic E-state index is 10.0. The van der Waals surface area contributed by atoms with Crippen LogP contribution < -0.4 is 4.74 Å². The summed E-state index contributed by atoms with van der Waals surface area (Å²) >= 11 is 1.97. The van der Waals surface area contributed by atoms with Crippen LogP contribution in [-0.4, -0.2) is 53.9 Å². The maximum absolute atomic E-state index is 10.0. The number of nitrogens with zero attached hydrogens (tertiary/aromatic N) is 2. The van der Waals surface area contributed by atoms with Crippen molar-refractivity contribution in [2.75, 3.05) is 31.7 Å². The number of thioether (sulfide) groups is 1.